The van der Waals surface area contributed by atoms with E-state index in [4.69, 9.17) is 9.47 Å². The summed E-state index contributed by atoms with van der Waals surface area (Å²) in [4.78, 5) is 17.3. The van der Waals surface area contributed by atoms with Gasteiger partial charge < -0.3 is 14.0 Å². The summed E-state index contributed by atoms with van der Waals surface area (Å²) in [6.07, 6.45) is 0. The lowest BCUT2D eigenvalue weighted by Crippen LogP contribution is -2.10. The highest BCUT2D eigenvalue weighted by atomic mass is 16.5. The van der Waals surface area contributed by atoms with Gasteiger partial charge in [-0.2, -0.15) is 10.2 Å². The molecule has 5 rings (SSSR count). The van der Waals surface area contributed by atoms with Crippen molar-refractivity contribution in [2.45, 2.75) is 27.3 Å². The van der Waals surface area contributed by atoms with Gasteiger partial charge in [-0.15, -0.1) is 10.2 Å². The van der Waals surface area contributed by atoms with Gasteiger partial charge in [0.25, 0.3) is 6.01 Å². The van der Waals surface area contributed by atoms with Gasteiger partial charge in [-0.25, -0.2) is 4.79 Å². The number of carbonyl (C=O) groups is 1. The van der Waals surface area contributed by atoms with Crippen LogP contribution >= 0.6 is 0 Å². The summed E-state index contributed by atoms with van der Waals surface area (Å²) >= 11 is 0. The maximum Gasteiger partial charge on any atom is 0.340 e. The summed E-state index contributed by atoms with van der Waals surface area (Å²) in [5, 5.41) is 14.4. The Balaban J connectivity index is 1.52. The molecule has 0 aliphatic carbocycles. The monoisotopic (exact) mass is 471 g/mol. The van der Waals surface area contributed by atoms with Gasteiger partial charge in [0.05, 0.1) is 42.0 Å². The van der Waals surface area contributed by atoms with Gasteiger partial charge in [0, 0.05) is 11.4 Å². The lowest BCUT2D eigenvalue weighted by Gasteiger charge is -2.13. The number of aromatic amines is 1. The third-order valence-electron chi connectivity index (χ3n) is 5.69. The molecule has 5 aromatic rings. The molecule has 0 radical (unpaired) electrons. The minimum atomic E-state index is -0.380. The minimum Gasteiger partial charge on any atom is -0.465 e. The van der Waals surface area contributed by atoms with E-state index in [1.54, 1.807) is 19.1 Å². The predicted octanol–water partition coefficient (Wildman–Crippen LogP) is 3.94. The molecule has 0 atom stereocenters. The van der Waals surface area contributed by atoms with Crippen LogP contribution in [0.3, 0.4) is 0 Å². The fourth-order valence-electron chi connectivity index (χ4n) is 4.18. The van der Waals surface area contributed by atoms with Crippen LogP contribution in [0.15, 0.2) is 54.6 Å². The maximum absolute atomic E-state index is 12.6. The molecule has 0 bridgehead atoms. The van der Waals surface area contributed by atoms with Crippen LogP contribution in [-0.2, 0) is 11.3 Å². The van der Waals surface area contributed by atoms with Gasteiger partial charge in [0.2, 0.25) is 5.82 Å². The second kappa shape index (κ2) is 9.41. The molecule has 35 heavy (non-hydrogen) atoms. The molecule has 0 fully saturated rings. The first-order valence-electron chi connectivity index (χ1n) is 11.4. The lowest BCUT2D eigenvalue weighted by molar-refractivity contribution is 0.0528. The van der Waals surface area contributed by atoms with Gasteiger partial charge in [-0.1, -0.05) is 18.2 Å². The quantitative estimate of drug-likeness (QED) is 0.341. The zero-order valence-corrected chi connectivity index (χ0v) is 19.7. The smallest absolute Gasteiger partial charge is 0.340 e. The molecule has 3 aromatic heterocycles. The second-order valence-corrected chi connectivity index (χ2v) is 7.90. The Hall–Kier alpha value is -4.47. The summed E-state index contributed by atoms with van der Waals surface area (Å²) in [5.41, 5.74) is 5.75. The highest BCUT2D eigenvalue weighted by molar-refractivity contribution is 6.02. The maximum atomic E-state index is 12.6. The molecular formula is C25H25N7O3. The Kier molecular flexibility index (Phi) is 6.01. The van der Waals surface area contributed by atoms with Crippen molar-refractivity contribution in [1.29, 1.82) is 0 Å². The van der Waals surface area contributed by atoms with Gasteiger partial charge >= 0.3 is 5.97 Å². The first-order valence-corrected chi connectivity index (χ1v) is 11.4. The fraction of sp³-hybridized carbons (Fsp3) is 0.240. The van der Waals surface area contributed by atoms with Crippen LogP contribution < -0.4 is 4.74 Å². The Morgan fingerprint density at radius 2 is 1.86 bits per heavy atom. The zero-order chi connectivity index (χ0) is 24.4. The molecule has 3 heterocycles. The average Bonchev–Trinajstić information content (AvgIpc) is 3.60. The lowest BCUT2D eigenvalue weighted by atomic mass is 10.1. The number of hydrogen-bond donors (Lipinski definition) is 1. The van der Waals surface area contributed by atoms with Crippen molar-refractivity contribution in [2.24, 2.45) is 0 Å². The highest BCUT2D eigenvalue weighted by Crippen LogP contribution is 2.28. The summed E-state index contributed by atoms with van der Waals surface area (Å²) < 4.78 is 15.1. The van der Waals surface area contributed by atoms with Crippen molar-refractivity contribution in [2.75, 3.05) is 13.2 Å². The topological polar surface area (TPSA) is 113 Å². The number of H-pyrrole nitrogens is 1. The molecule has 0 saturated heterocycles. The van der Waals surface area contributed by atoms with Crippen molar-refractivity contribution < 1.29 is 14.3 Å². The highest BCUT2D eigenvalue weighted by Gasteiger charge is 2.20. The molecule has 0 unspecified atom stereocenters. The van der Waals surface area contributed by atoms with E-state index < -0.39 is 0 Å². The summed E-state index contributed by atoms with van der Waals surface area (Å²) in [6.45, 7) is 6.96. The van der Waals surface area contributed by atoms with E-state index in [2.05, 4.69) is 30.2 Å². The summed E-state index contributed by atoms with van der Waals surface area (Å²) in [7, 11) is 0. The SMILES string of the molecule is CCOC(=O)c1cccc2nc(OCC)n(Cc3ccc(-n4c(C)ccc4-c4nn[nH]n4)cc3)c12. The number of imidazole rings is 1. The number of aryl methyl sites for hydroxylation is 1. The third kappa shape index (κ3) is 4.14. The molecule has 1 N–H and O–H groups in total. The number of tetrazole rings is 1. The van der Waals surface area contributed by atoms with Crippen LogP contribution in [0.4, 0.5) is 0 Å². The Morgan fingerprint density at radius 3 is 2.57 bits per heavy atom. The minimum absolute atomic E-state index is 0.299. The molecular weight excluding hydrogens is 446 g/mol. The van der Waals surface area contributed by atoms with Crippen molar-refractivity contribution in [3.8, 4) is 23.2 Å². The fourth-order valence-corrected chi connectivity index (χ4v) is 4.18. The van der Waals surface area contributed by atoms with E-state index in [9.17, 15) is 4.79 Å². The number of para-hydroxylation sites is 1. The summed E-state index contributed by atoms with van der Waals surface area (Å²) in [5.74, 6) is 0.148. The number of nitrogens with one attached hydrogen (secondary N) is 1. The number of esters is 1. The van der Waals surface area contributed by atoms with Gasteiger partial charge in [-0.3, -0.25) is 4.57 Å². The molecule has 0 saturated carbocycles. The molecule has 2 aromatic carbocycles. The second-order valence-electron chi connectivity index (χ2n) is 7.90. The van der Waals surface area contributed by atoms with E-state index in [-0.39, 0.29) is 5.97 Å². The number of nitrogens with zero attached hydrogens (tertiary/aromatic N) is 6. The van der Waals surface area contributed by atoms with Gasteiger partial charge in [0.1, 0.15) is 0 Å². The Bertz CT molecular complexity index is 1470. The number of rotatable bonds is 8. The van der Waals surface area contributed by atoms with Crippen LogP contribution in [0, 0.1) is 6.92 Å². The third-order valence-corrected chi connectivity index (χ3v) is 5.69. The molecule has 10 nitrogen and oxygen atoms in total. The van der Waals surface area contributed by atoms with Gasteiger partial charge in [-0.05, 0) is 67.9 Å². The van der Waals surface area contributed by atoms with Crippen molar-refractivity contribution >= 4 is 17.0 Å². The molecule has 178 valence electrons. The number of fused-ring (bicyclic) bond motifs is 1. The van der Waals surface area contributed by atoms with Crippen molar-refractivity contribution in [1.82, 2.24) is 34.7 Å². The molecule has 0 aliphatic rings. The predicted molar refractivity (Wildman–Crippen MR) is 130 cm³/mol. The van der Waals surface area contributed by atoms with E-state index >= 15 is 0 Å². The van der Waals surface area contributed by atoms with Crippen LogP contribution in [0.2, 0.25) is 0 Å². The van der Waals surface area contributed by atoms with E-state index in [1.165, 1.54) is 0 Å². The number of ether oxygens (including phenoxy) is 2. The molecule has 0 spiro atoms. The standard InChI is InChI=1S/C25H25N7O3/c1-4-34-24(33)19-7-6-8-20-22(19)31(25(26-20)35-5-2)15-17-10-12-18(13-11-17)32-16(3)9-14-21(32)23-27-29-30-28-23/h6-14H,4-5,15H2,1-3H3,(H,27,28,29,30). The van der Waals surface area contributed by atoms with Crippen molar-refractivity contribution in [3.63, 3.8) is 0 Å². The first kappa shape index (κ1) is 22.3. The van der Waals surface area contributed by atoms with Crippen LogP contribution in [0.25, 0.3) is 28.2 Å². The number of hydrogen-bond acceptors (Lipinski definition) is 7. The van der Waals surface area contributed by atoms with Crippen molar-refractivity contribution in [3.05, 3.63) is 71.4 Å². The number of benzene rings is 2. The summed E-state index contributed by atoms with van der Waals surface area (Å²) in [6, 6.07) is 18.0. The Labute approximate surface area is 201 Å². The van der Waals surface area contributed by atoms with Gasteiger partial charge in [0.15, 0.2) is 0 Å². The van der Waals surface area contributed by atoms with E-state index in [1.807, 2.05) is 60.9 Å². The Morgan fingerprint density at radius 1 is 1.03 bits per heavy atom. The van der Waals surface area contributed by atoms with Crippen LogP contribution in [-0.4, -0.2) is 53.9 Å². The largest absolute Gasteiger partial charge is 0.465 e. The van der Waals surface area contributed by atoms with E-state index in [0.717, 1.165) is 22.6 Å². The first-order chi connectivity index (χ1) is 17.1. The molecule has 0 amide bonds. The molecule has 10 heteroatoms. The average molecular weight is 472 g/mol. The van der Waals surface area contributed by atoms with E-state index in [0.29, 0.717) is 48.2 Å². The zero-order valence-electron chi connectivity index (χ0n) is 19.7. The normalized spacial score (nSPS) is 11.2. The number of carbonyl (C=O) groups excluding carboxylic acids is 1. The molecule has 0 aliphatic heterocycles. The number of aromatic nitrogens is 7. The van der Waals surface area contributed by atoms with Crippen LogP contribution in [0.1, 0.15) is 35.5 Å². The van der Waals surface area contributed by atoms with Crippen LogP contribution in [0.5, 0.6) is 6.01 Å².